The Labute approximate surface area is 422 Å². The molecule has 424 valence electrons. The van der Waals surface area contributed by atoms with Gasteiger partial charge in [-0.2, -0.15) is 0 Å². The number of hydrogen-bond donors (Lipinski definition) is 11. The molecule has 1 aromatic rings. The normalized spacial score (nSPS) is 26.6. The number of ether oxygens (including phenoxy) is 3. The minimum Gasteiger partial charge on any atom is -0.756 e. The van der Waals surface area contributed by atoms with Crippen LogP contribution in [0.1, 0.15) is 66.0 Å². The van der Waals surface area contributed by atoms with E-state index in [1.54, 1.807) is 0 Å². The summed E-state index contributed by atoms with van der Waals surface area (Å²) in [4.78, 5) is 150. The molecule has 0 aromatic carbocycles. The Morgan fingerprint density at radius 2 is 1.44 bits per heavy atom. The zero-order valence-corrected chi connectivity index (χ0v) is 41.8. The van der Waals surface area contributed by atoms with Crippen LogP contribution in [0.4, 0.5) is 0 Å². The molecule has 2 aliphatic heterocycles. The number of aliphatic hydroxyl groups excluding tert-OH is 4. The Balaban J connectivity index is 1.66. The Hall–Kier alpha value is -5.62. The number of phosphoric ester groups is 2. The Bertz CT molecular complexity index is 2440. The third kappa shape index (κ3) is 19.2. The first-order chi connectivity index (χ1) is 34.8. The van der Waals surface area contributed by atoms with Crippen LogP contribution in [0.5, 0.6) is 0 Å². The molecule has 0 aliphatic carbocycles. The number of H-pyrrole nitrogens is 1. The minimum atomic E-state index is -6.27. The molecule has 2 saturated heterocycles. The quantitative estimate of drug-likeness (QED) is 0.0332. The van der Waals surface area contributed by atoms with E-state index in [-0.39, 0.29) is 19.3 Å². The zero-order chi connectivity index (χ0) is 56.9. The van der Waals surface area contributed by atoms with Gasteiger partial charge >= 0.3 is 5.69 Å². The number of carbonyl (C=O) groups excluding carboxylic acids is 8. The van der Waals surface area contributed by atoms with Crippen molar-refractivity contribution in [2.75, 3.05) is 13.2 Å². The van der Waals surface area contributed by atoms with Gasteiger partial charge < -0.3 is 111 Å². The van der Waals surface area contributed by atoms with Gasteiger partial charge in [0.1, 0.15) is 66.9 Å². The van der Waals surface area contributed by atoms with Gasteiger partial charge in [0.15, 0.2) is 12.5 Å². The van der Waals surface area contributed by atoms with Crippen molar-refractivity contribution in [1.29, 1.82) is 0 Å². The summed E-state index contributed by atoms with van der Waals surface area (Å²) in [5.74, 6) is -10.5. The van der Waals surface area contributed by atoms with Crippen LogP contribution in [0.15, 0.2) is 21.9 Å². The zero-order valence-electron chi connectivity index (χ0n) is 40.0. The van der Waals surface area contributed by atoms with Gasteiger partial charge in [-0.25, -0.2) is 9.11 Å². The van der Waals surface area contributed by atoms with E-state index in [0.29, 0.717) is 4.57 Å². The van der Waals surface area contributed by atoms with Crippen LogP contribution >= 0.6 is 15.6 Å². The van der Waals surface area contributed by atoms with Gasteiger partial charge in [0, 0.05) is 32.0 Å². The van der Waals surface area contributed by atoms with E-state index in [1.807, 2.05) is 10.3 Å². The maximum Gasteiger partial charge on any atom is 0.330 e. The van der Waals surface area contributed by atoms with Crippen molar-refractivity contribution in [3.05, 3.63) is 33.1 Å². The molecule has 75 heavy (non-hydrogen) atoms. The summed E-state index contributed by atoms with van der Waals surface area (Å²) in [7, 11) is -12.4. The summed E-state index contributed by atoms with van der Waals surface area (Å²) < 4.78 is 55.9. The van der Waals surface area contributed by atoms with Crippen molar-refractivity contribution in [3.8, 4) is 0 Å². The highest BCUT2D eigenvalue weighted by Gasteiger charge is 2.50. The van der Waals surface area contributed by atoms with Crippen LogP contribution in [-0.2, 0) is 75.1 Å². The van der Waals surface area contributed by atoms with Crippen molar-refractivity contribution in [2.24, 2.45) is 0 Å². The molecule has 17 atom stereocenters. The maximum absolute atomic E-state index is 13.3. The van der Waals surface area contributed by atoms with Gasteiger partial charge in [0.2, 0.25) is 29.5 Å². The van der Waals surface area contributed by atoms with Crippen molar-refractivity contribution >= 4 is 63.1 Å². The molecule has 3 heterocycles. The van der Waals surface area contributed by atoms with Crippen molar-refractivity contribution in [3.63, 3.8) is 0 Å². The fourth-order valence-corrected chi connectivity index (χ4v) is 9.09. The number of aliphatic hydroxyl groups is 4. The van der Waals surface area contributed by atoms with Gasteiger partial charge in [-0.05, 0) is 40.0 Å². The fourth-order valence-electron chi connectivity index (χ4n) is 7.00. The second kappa shape index (κ2) is 28.0. The average molecular weight is 1120 g/mol. The summed E-state index contributed by atoms with van der Waals surface area (Å²) in [6.07, 6.45) is -18.4. The molecule has 3 rings (SSSR count). The number of amides is 5. The number of phosphoric acid groups is 2. The first-order valence-electron chi connectivity index (χ1n) is 22.3. The molecule has 0 spiro atoms. The highest BCUT2D eigenvalue weighted by atomic mass is 31.3. The topological polar surface area (TPSA) is 565 Å². The van der Waals surface area contributed by atoms with Crippen LogP contribution in [0.2, 0.25) is 0 Å². The lowest BCUT2D eigenvalue weighted by Gasteiger charge is -2.46. The van der Waals surface area contributed by atoms with Gasteiger partial charge in [-0.15, -0.1) is 0 Å². The van der Waals surface area contributed by atoms with Crippen molar-refractivity contribution in [2.45, 2.75) is 151 Å². The van der Waals surface area contributed by atoms with Gasteiger partial charge in [0.05, 0.1) is 43.2 Å². The lowest BCUT2D eigenvalue weighted by Crippen LogP contribution is -2.68. The predicted octanol–water partition coefficient (Wildman–Crippen LogP) is -12.7. The molecule has 35 nitrogen and oxygen atoms in total. The van der Waals surface area contributed by atoms with Crippen LogP contribution in [0, 0.1) is 0 Å². The van der Waals surface area contributed by atoms with E-state index in [0.717, 1.165) is 40.0 Å². The second-order valence-corrected chi connectivity index (χ2v) is 19.8. The van der Waals surface area contributed by atoms with Gasteiger partial charge in [0.25, 0.3) is 21.2 Å². The molecule has 2 aliphatic rings. The number of quaternary nitrogens is 1. The fraction of sp³-hybridized carbons (Fsp3) is 0.684. The van der Waals surface area contributed by atoms with Crippen LogP contribution in [0.25, 0.3) is 0 Å². The molecule has 13 N–H and O–H groups in total. The van der Waals surface area contributed by atoms with E-state index in [9.17, 15) is 103 Å². The number of carboxylic acid groups (broad SMARTS) is 3. The first kappa shape index (κ1) is 63.7. The number of nitrogens with one attached hydrogen (secondary N) is 6. The van der Waals surface area contributed by atoms with Crippen LogP contribution in [-0.4, -0.2) is 176 Å². The van der Waals surface area contributed by atoms with Crippen molar-refractivity contribution in [1.82, 2.24) is 36.1 Å². The molecule has 0 radical (unpaired) electrons. The van der Waals surface area contributed by atoms with Crippen molar-refractivity contribution < 1.29 is 126 Å². The number of aromatic amines is 1. The van der Waals surface area contributed by atoms with E-state index in [2.05, 4.69) is 35.8 Å². The molecule has 37 heteroatoms. The number of aliphatic carboxylic acids is 3. The Morgan fingerprint density at radius 1 is 0.800 bits per heavy atom. The molecule has 2 fully saturated rings. The summed E-state index contributed by atoms with van der Waals surface area (Å²) in [6, 6.07) is -8.89. The third-order valence-electron chi connectivity index (χ3n) is 11.0. The monoisotopic (exact) mass is 1120 g/mol. The van der Waals surface area contributed by atoms with Gasteiger partial charge in [-0.3, -0.25) is 52.0 Å². The number of aromatic nitrogens is 2. The number of carboxylic acids is 3. The summed E-state index contributed by atoms with van der Waals surface area (Å²) >= 11 is 0. The average Bonchev–Trinajstić information content (AvgIpc) is 3.58. The van der Waals surface area contributed by atoms with E-state index in [4.69, 9.17) is 18.7 Å². The number of hydrogen-bond acceptors (Lipinski definition) is 27. The van der Waals surface area contributed by atoms with E-state index in [1.165, 1.54) is 0 Å². The maximum atomic E-state index is 13.3. The molecule has 0 bridgehead atoms. The lowest BCUT2D eigenvalue weighted by molar-refractivity contribution is -0.438. The van der Waals surface area contributed by atoms with Crippen LogP contribution < -0.4 is 68.7 Å². The smallest absolute Gasteiger partial charge is 0.330 e. The molecular formula is C38H56N8O27P2-4. The molecule has 0 saturated carbocycles. The standard InChI is InChI=1S/C38H60N8O27P2/c1-14(30(54)44-20(36(61)62)8-9-23(49)43-19(7-5-6-18(39)35(59)60)32(56)41-15(2)34(57)58)40-31(55)16(3)69-29-25(42-17(4)48)37(71-21(12-47)27(29)52)72-75(66,67)73-74(64,65)68-13-22-26(51)28(53)33(70-22)46-11-10-24(50)45-38(46)63/h10-11,14-16,18-22,25-29,33,37,47,51-53H,5-9,12-13,39H2,1-4H3,(H,40,55)(H,41,56)(H,42,48)(H,43,49)(H,44,54)(H,57,58)(H,59,60)(H,61,62)(H,64,65)(H,66,67)(H,45,50,63)/p-4/t14-,15+,16+,18+,19-,20+,21+,22+,25+,26+,27+,28+,29+,33+,37+/m0/s1. The largest absolute Gasteiger partial charge is 0.756 e. The Morgan fingerprint density at radius 3 is 2.01 bits per heavy atom. The molecule has 1 aromatic heterocycles. The predicted molar refractivity (Wildman–Crippen MR) is 228 cm³/mol. The van der Waals surface area contributed by atoms with Gasteiger partial charge in [-0.1, -0.05) is 0 Å². The summed E-state index contributed by atoms with van der Waals surface area (Å²) in [6.45, 7) is 1.58. The minimum absolute atomic E-state index is 0.0291. The first-order valence-corrected chi connectivity index (χ1v) is 25.2. The second-order valence-electron chi connectivity index (χ2n) is 16.9. The van der Waals surface area contributed by atoms with E-state index >= 15 is 0 Å². The molecule has 5 amide bonds. The summed E-state index contributed by atoms with van der Waals surface area (Å²) in [5, 5.41) is 86.6. The number of rotatable bonds is 29. The summed E-state index contributed by atoms with van der Waals surface area (Å²) in [5.41, 5.74) is 1.44. The third-order valence-corrected chi connectivity index (χ3v) is 13.5. The molecule has 2 unspecified atom stereocenters. The molecular weight excluding hydrogens is 1060 g/mol. The lowest BCUT2D eigenvalue weighted by atomic mass is 9.96. The van der Waals surface area contributed by atoms with Crippen LogP contribution in [0.3, 0.4) is 0 Å². The number of nitrogens with zero attached hydrogens (tertiary/aromatic N) is 1. The highest BCUT2D eigenvalue weighted by Crippen LogP contribution is 2.57. The van der Waals surface area contributed by atoms with E-state index < -0.39 is 192 Å². The SMILES string of the molecule is CC(=O)N[C@H]1[C@@H](OP(=O)([O-])OP(=O)([O-])OC[C@H]2O[C@@H](n3ccc(=O)[nH]c3=O)[C@H](O)[C@@H]2O)O[C@H](CO)[C@@H](O)[C@@H]1O[C@H](C)C(=O)N[C@@H](C)C(=O)N[C@H](CCC(=O)N[C@@H](CCC[C@@H]([NH3+])C(=O)[O-])C(=O)N[C@H](C)C(=O)[O-])C(=O)[O-]. The Kier molecular flexibility index (Phi) is 23.7. The highest BCUT2D eigenvalue weighted by molar-refractivity contribution is 7.59. The number of carbonyl (C=O) groups is 8.